The molecule has 0 aromatic rings. The van der Waals surface area contributed by atoms with Crippen molar-refractivity contribution >= 4 is 11.8 Å². The Kier molecular flexibility index (Phi) is 10.6. The molecule has 0 aliphatic carbocycles. The van der Waals surface area contributed by atoms with E-state index in [2.05, 4.69) is 5.32 Å². The van der Waals surface area contributed by atoms with Crippen molar-refractivity contribution in [3.05, 3.63) is 0 Å². The van der Waals surface area contributed by atoms with Gasteiger partial charge in [0, 0.05) is 5.92 Å². The number of ether oxygens (including phenoxy) is 1. The molecule has 0 radical (unpaired) electrons. The van der Waals surface area contributed by atoms with Crippen LogP contribution in [0, 0.1) is 5.92 Å². The molecule has 0 aliphatic heterocycles. The molecule has 4 heteroatoms. The van der Waals surface area contributed by atoms with Gasteiger partial charge in [-0.05, 0) is 20.9 Å². The molecule has 2 atom stereocenters. The van der Waals surface area contributed by atoms with Gasteiger partial charge in [-0.1, -0.05) is 20.8 Å². The van der Waals surface area contributed by atoms with Crippen molar-refractivity contribution in [3.8, 4) is 0 Å². The first-order valence-electron chi connectivity index (χ1n) is 5.38. The Bertz CT molecular complexity index is 192. The number of ketones is 1. The molecule has 90 valence electrons. The van der Waals surface area contributed by atoms with Crippen LogP contribution in [0.5, 0.6) is 0 Å². The van der Waals surface area contributed by atoms with Crippen molar-refractivity contribution in [2.45, 2.75) is 40.7 Å². The van der Waals surface area contributed by atoms with Gasteiger partial charge < -0.3 is 10.1 Å². The van der Waals surface area contributed by atoms with Crippen molar-refractivity contribution in [2.24, 2.45) is 5.92 Å². The van der Waals surface area contributed by atoms with E-state index in [0.717, 1.165) is 0 Å². The maximum Gasteiger partial charge on any atom is 0.323 e. The molecule has 0 fully saturated rings. The van der Waals surface area contributed by atoms with Crippen molar-refractivity contribution in [1.29, 1.82) is 0 Å². The van der Waals surface area contributed by atoms with E-state index < -0.39 is 6.04 Å². The van der Waals surface area contributed by atoms with E-state index >= 15 is 0 Å². The number of Topliss-reactive ketones (excluding diaryl/α,β-unsaturated/α-hetero) is 1. The van der Waals surface area contributed by atoms with E-state index in [4.69, 9.17) is 4.74 Å². The zero-order chi connectivity index (χ0) is 12.4. The fraction of sp³-hybridized carbons (Fsp3) is 0.818. The predicted molar refractivity (Wildman–Crippen MR) is 60.7 cm³/mol. The van der Waals surface area contributed by atoms with Crippen LogP contribution in [0.3, 0.4) is 0 Å². The topological polar surface area (TPSA) is 55.4 Å². The summed E-state index contributed by atoms with van der Waals surface area (Å²) in [6.45, 7) is 9.25. The first-order valence-corrected chi connectivity index (χ1v) is 5.38. The van der Waals surface area contributed by atoms with Gasteiger partial charge in [-0.3, -0.25) is 9.59 Å². The molecule has 4 nitrogen and oxygen atoms in total. The van der Waals surface area contributed by atoms with E-state index in [1.54, 1.807) is 20.9 Å². The number of hydrogen-bond acceptors (Lipinski definition) is 4. The molecule has 0 heterocycles. The third-order valence-corrected chi connectivity index (χ3v) is 1.99. The molecule has 0 aromatic heterocycles. The Labute approximate surface area is 92.4 Å². The van der Waals surface area contributed by atoms with Gasteiger partial charge in [-0.25, -0.2) is 0 Å². The standard InChI is InChI=1S/C9H17NO3.C2H6/c1-5-13-9(12)8(10-4)6(2)7(3)11;1-2/h6,8,10H,5H2,1-4H3;1-2H3. The first-order chi connectivity index (χ1) is 7.04. The van der Waals surface area contributed by atoms with Gasteiger partial charge in [0.05, 0.1) is 6.61 Å². The average molecular weight is 217 g/mol. The molecule has 0 aromatic carbocycles. The summed E-state index contributed by atoms with van der Waals surface area (Å²) < 4.78 is 4.81. The first kappa shape index (κ1) is 16.5. The Morgan fingerprint density at radius 3 is 2.07 bits per heavy atom. The van der Waals surface area contributed by atoms with Gasteiger partial charge in [0.1, 0.15) is 11.8 Å². The second-order valence-corrected chi connectivity index (χ2v) is 2.92. The second kappa shape index (κ2) is 9.65. The molecule has 15 heavy (non-hydrogen) atoms. The lowest BCUT2D eigenvalue weighted by Crippen LogP contribution is -2.43. The molecule has 0 rings (SSSR count). The van der Waals surface area contributed by atoms with Gasteiger partial charge in [-0.15, -0.1) is 0 Å². The van der Waals surface area contributed by atoms with Crippen LogP contribution in [0.25, 0.3) is 0 Å². The number of carbonyl (C=O) groups is 2. The maximum atomic E-state index is 11.3. The normalized spacial score (nSPS) is 13.2. The number of hydrogen-bond donors (Lipinski definition) is 1. The van der Waals surface area contributed by atoms with E-state index in [-0.39, 0.29) is 17.7 Å². The third-order valence-electron chi connectivity index (χ3n) is 1.99. The summed E-state index contributed by atoms with van der Waals surface area (Å²) in [5.74, 6) is -0.732. The number of nitrogens with one attached hydrogen (secondary N) is 1. The van der Waals surface area contributed by atoms with Crippen molar-refractivity contribution in [3.63, 3.8) is 0 Å². The minimum Gasteiger partial charge on any atom is -0.465 e. The quantitative estimate of drug-likeness (QED) is 0.707. The minimum atomic E-state index is -0.530. The summed E-state index contributed by atoms with van der Waals surface area (Å²) >= 11 is 0. The molecule has 0 aliphatic rings. The van der Waals surface area contributed by atoms with Crippen LogP contribution < -0.4 is 5.32 Å². The SMILES string of the molecule is CC.CCOC(=O)C(NC)C(C)C(C)=O. The molecule has 0 amide bonds. The zero-order valence-corrected chi connectivity index (χ0v) is 10.6. The third kappa shape index (κ3) is 6.23. The van der Waals surface area contributed by atoms with Gasteiger partial charge in [0.2, 0.25) is 0 Å². The van der Waals surface area contributed by atoms with Crippen LogP contribution in [0.4, 0.5) is 0 Å². The molecule has 0 saturated carbocycles. The van der Waals surface area contributed by atoms with E-state index in [1.807, 2.05) is 13.8 Å². The second-order valence-electron chi connectivity index (χ2n) is 2.92. The number of rotatable bonds is 5. The monoisotopic (exact) mass is 217 g/mol. The maximum absolute atomic E-state index is 11.3. The Morgan fingerprint density at radius 1 is 1.33 bits per heavy atom. The number of esters is 1. The molecule has 0 bridgehead atoms. The predicted octanol–water partition coefficient (Wildman–Crippen LogP) is 1.39. The largest absolute Gasteiger partial charge is 0.465 e. The molecule has 0 spiro atoms. The fourth-order valence-corrected chi connectivity index (χ4v) is 1.04. The van der Waals surface area contributed by atoms with Gasteiger partial charge in [-0.2, -0.15) is 0 Å². The summed E-state index contributed by atoms with van der Waals surface area (Å²) in [5, 5.41) is 2.77. The van der Waals surface area contributed by atoms with Crippen LogP contribution in [0.2, 0.25) is 0 Å². The van der Waals surface area contributed by atoms with Crippen molar-refractivity contribution in [1.82, 2.24) is 5.32 Å². The molecular weight excluding hydrogens is 194 g/mol. The highest BCUT2D eigenvalue weighted by atomic mass is 16.5. The Morgan fingerprint density at radius 2 is 1.80 bits per heavy atom. The average Bonchev–Trinajstić information content (AvgIpc) is 2.22. The zero-order valence-electron chi connectivity index (χ0n) is 10.6. The fourth-order valence-electron chi connectivity index (χ4n) is 1.04. The van der Waals surface area contributed by atoms with Gasteiger partial charge in [0.15, 0.2) is 0 Å². The van der Waals surface area contributed by atoms with E-state index in [0.29, 0.717) is 6.61 Å². The molecule has 2 unspecified atom stereocenters. The molecular formula is C11H23NO3. The Balaban J connectivity index is 0. The van der Waals surface area contributed by atoms with Gasteiger partial charge >= 0.3 is 5.97 Å². The van der Waals surface area contributed by atoms with Crippen molar-refractivity contribution in [2.75, 3.05) is 13.7 Å². The molecule has 1 N–H and O–H groups in total. The lowest BCUT2D eigenvalue weighted by atomic mass is 9.98. The van der Waals surface area contributed by atoms with Crippen LogP contribution >= 0.6 is 0 Å². The van der Waals surface area contributed by atoms with Crippen LogP contribution in [-0.2, 0) is 14.3 Å². The minimum absolute atomic E-state index is 0.0209. The van der Waals surface area contributed by atoms with Crippen molar-refractivity contribution < 1.29 is 14.3 Å². The Hall–Kier alpha value is -0.900. The number of carbonyl (C=O) groups excluding carboxylic acids is 2. The lowest BCUT2D eigenvalue weighted by Gasteiger charge is -2.19. The van der Waals surface area contributed by atoms with Crippen LogP contribution in [0.1, 0.15) is 34.6 Å². The van der Waals surface area contributed by atoms with E-state index in [1.165, 1.54) is 6.92 Å². The molecule has 0 saturated heterocycles. The highest BCUT2D eigenvalue weighted by Gasteiger charge is 2.27. The lowest BCUT2D eigenvalue weighted by molar-refractivity contribution is -0.148. The van der Waals surface area contributed by atoms with Gasteiger partial charge in [0.25, 0.3) is 0 Å². The summed E-state index contributed by atoms with van der Waals surface area (Å²) in [4.78, 5) is 22.3. The summed E-state index contributed by atoms with van der Waals surface area (Å²) in [5.41, 5.74) is 0. The highest BCUT2D eigenvalue weighted by Crippen LogP contribution is 2.05. The van der Waals surface area contributed by atoms with Crippen LogP contribution in [0.15, 0.2) is 0 Å². The summed E-state index contributed by atoms with van der Waals surface area (Å²) in [7, 11) is 1.64. The van der Waals surface area contributed by atoms with E-state index in [9.17, 15) is 9.59 Å². The summed E-state index contributed by atoms with van der Waals surface area (Å²) in [6.07, 6.45) is 0. The highest BCUT2D eigenvalue weighted by molar-refractivity contribution is 5.87. The van der Waals surface area contributed by atoms with Crippen LogP contribution in [-0.4, -0.2) is 31.4 Å². The smallest absolute Gasteiger partial charge is 0.323 e. The number of likely N-dealkylation sites (N-methyl/N-ethyl adjacent to an activating group) is 1. The summed E-state index contributed by atoms with van der Waals surface area (Å²) in [6, 6.07) is -0.530.